The van der Waals surface area contributed by atoms with Crippen molar-refractivity contribution in [3.05, 3.63) is 93.2 Å². The van der Waals surface area contributed by atoms with Crippen LogP contribution in [0, 0.1) is 12.4 Å². The number of aliphatic hydroxyl groups excluding tert-OH is 1. The van der Waals surface area contributed by atoms with E-state index in [-0.39, 0.29) is 23.1 Å². The normalized spacial score (nSPS) is 11.7. The van der Waals surface area contributed by atoms with E-state index in [1.807, 2.05) is 0 Å². The van der Waals surface area contributed by atoms with Gasteiger partial charge in [0.25, 0.3) is 5.56 Å². The van der Waals surface area contributed by atoms with E-state index in [0.717, 1.165) is 0 Å². The van der Waals surface area contributed by atoms with Gasteiger partial charge in [-0.15, -0.1) is 0 Å². The van der Waals surface area contributed by atoms with Crippen LogP contribution in [-0.2, 0) is 7.05 Å². The van der Waals surface area contributed by atoms with Gasteiger partial charge < -0.3 is 15.0 Å². The van der Waals surface area contributed by atoms with Crippen molar-refractivity contribution in [2.24, 2.45) is 7.05 Å². The standard InChI is InChI=1S/C22H17ClFN7O2/c1-25-18-11-27-30(2)21(18)29-22-26-7-5-17(28-22)13-6-8-31(20(33)10-13)19(12-32)14-3-4-16(24)15(23)9-14/h3-11,19,32H,12H2,2H3,(H,26,28,29)/t19-/m1/s1. The molecule has 0 saturated carbocycles. The topological polar surface area (TPSA) is 102 Å². The second-order valence-electron chi connectivity index (χ2n) is 7.04. The third kappa shape index (κ3) is 4.45. The molecule has 0 aliphatic carbocycles. The van der Waals surface area contributed by atoms with E-state index in [1.54, 1.807) is 19.2 Å². The molecular weight excluding hydrogens is 449 g/mol. The minimum absolute atomic E-state index is 0.0913. The number of halogens is 2. The van der Waals surface area contributed by atoms with E-state index >= 15 is 0 Å². The summed E-state index contributed by atoms with van der Waals surface area (Å²) in [5, 5.41) is 16.8. The van der Waals surface area contributed by atoms with Crippen LogP contribution >= 0.6 is 11.6 Å². The molecule has 9 nitrogen and oxygen atoms in total. The minimum atomic E-state index is -0.732. The van der Waals surface area contributed by atoms with Crippen molar-refractivity contribution in [1.29, 1.82) is 0 Å². The molecule has 0 fully saturated rings. The summed E-state index contributed by atoms with van der Waals surface area (Å²) in [6.45, 7) is 6.85. The number of rotatable bonds is 6. The number of benzene rings is 1. The first-order chi connectivity index (χ1) is 15.9. The number of hydrogen-bond donors (Lipinski definition) is 2. The molecule has 0 saturated heterocycles. The van der Waals surface area contributed by atoms with Crippen molar-refractivity contribution in [1.82, 2.24) is 24.3 Å². The highest BCUT2D eigenvalue weighted by Crippen LogP contribution is 2.27. The molecule has 1 atom stereocenters. The molecule has 0 spiro atoms. The zero-order valence-corrected chi connectivity index (χ0v) is 18.0. The number of hydrogen-bond acceptors (Lipinski definition) is 6. The number of aryl methyl sites for hydroxylation is 1. The monoisotopic (exact) mass is 465 g/mol. The maximum atomic E-state index is 13.5. The van der Waals surface area contributed by atoms with Crippen molar-refractivity contribution >= 4 is 29.1 Å². The molecular formula is C22H17ClFN7O2. The van der Waals surface area contributed by atoms with Crippen LogP contribution in [0.25, 0.3) is 16.1 Å². The molecule has 33 heavy (non-hydrogen) atoms. The van der Waals surface area contributed by atoms with Gasteiger partial charge in [0.15, 0.2) is 0 Å². The maximum Gasteiger partial charge on any atom is 0.251 e. The van der Waals surface area contributed by atoms with Gasteiger partial charge in [0.2, 0.25) is 11.6 Å². The lowest BCUT2D eigenvalue weighted by Gasteiger charge is -2.19. The minimum Gasteiger partial charge on any atom is -0.394 e. The van der Waals surface area contributed by atoms with Crippen LogP contribution < -0.4 is 10.9 Å². The van der Waals surface area contributed by atoms with E-state index in [0.29, 0.717) is 28.3 Å². The molecule has 3 heterocycles. The largest absolute Gasteiger partial charge is 0.394 e. The Morgan fingerprint density at radius 3 is 2.82 bits per heavy atom. The van der Waals surface area contributed by atoms with Gasteiger partial charge in [0, 0.05) is 31.1 Å². The third-order valence-electron chi connectivity index (χ3n) is 5.01. The fourth-order valence-corrected chi connectivity index (χ4v) is 3.51. The molecule has 0 radical (unpaired) electrons. The second-order valence-corrected chi connectivity index (χ2v) is 7.44. The molecule has 1 aromatic carbocycles. The molecule has 0 amide bonds. The fourth-order valence-electron chi connectivity index (χ4n) is 3.32. The summed E-state index contributed by atoms with van der Waals surface area (Å²) in [5.41, 5.74) is 1.45. The van der Waals surface area contributed by atoms with E-state index in [2.05, 4.69) is 25.2 Å². The van der Waals surface area contributed by atoms with Gasteiger partial charge in [-0.1, -0.05) is 17.7 Å². The van der Waals surface area contributed by atoms with Gasteiger partial charge in [-0.25, -0.2) is 19.2 Å². The van der Waals surface area contributed by atoms with Crippen molar-refractivity contribution in [2.75, 3.05) is 11.9 Å². The number of aliphatic hydroxyl groups is 1. The molecule has 0 aliphatic heterocycles. The van der Waals surface area contributed by atoms with Gasteiger partial charge in [-0.05, 0) is 29.8 Å². The smallest absolute Gasteiger partial charge is 0.251 e. The molecule has 11 heteroatoms. The summed E-state index contributed by atoms with van der Waals surface area (Å²) < 4.78 is 16.3. The number of nitrogens with zero attached hydrogens (tertiary/aromatic N) is 6. The average Bonchev–Trinajstić information content (AvgIpc) is 3.17. The van der Waals surface area contributed by atoms with Crippen LogP contribution in [0.2, 0.25) is 5.02 Å². The zero-order chi connectivity index (χ0) is 23.5. The van der Waals surface area contributed by atoms with Crippen molar-refractivity contribution in [3.8, 4) is 11.3 Å². The molecule has 3 aromatic heterocycles. The molecule has 4 rings (SSSR count). The molecule has 166 valence electrons. The van der Waals surface area contributed by atoms with E-state index in [1.165, 1.54) is 52.1 Å². The predicted octanol–water partition coefficient (Wildman–Crippen LogP) is 3.71. The Balaban J connectivity index is 1.65. The predicted molar refractivity (Wildman–Crippen MR) is 121 cm³/mol. The quantitative estimate of drug-likeness (QED) is 0.421. The summed E-state index contributed by atoms with van der Waals surface area (Å²) >= 11 is 5.86. The molecule has 2 N–H and O–H groups in total. The van der Waals surface area contributed by atoms with Crippen LogP contribution in [-0.4, -0.2) is 36.0 Å². The van der Waals surface area contributed by atoms with Gasteiger partial charge in [0.1, 0.15) is 11.6 Å². The first-order valence-electron chi connectivity index (χ1n) is 9.69. The van der Waals surface area contributed by atoms with Crippen LogP contribution in [0.3, 0.4) is 0 Å². The third-order valence-corrected chi connectivity index (χ3v) is 5.30. The fraction of sp³-hybridized carbons (Fsp3) is 0.136. The lowest BCUT2D eigenvalue weighted by atomic mass is 10.1. The first-order valence-corrected chi connectivity index (χ1v) is 10.1. The van der Waals surface area contributed by atoms with Crippen LogP contribution in [0.5, 0.6) is 0 Å². The average molecular weight is 466 g/mol. The lowest BCUT2D eigenvalue weighted by Crippen LogP contribution is -2.26. The molecule has 4 aromatic rings. The van der Waals surface area contributed by atoms with Crippen molar-refractivity contribution < 1.29 is 9.50 Å². The molecule has 0 bridgehead atoms. The van der Waals surface area contributed by atoms with E-state index in [9.17, 15) is 14.3 Å². The number of pyridine rings is 1. The number of nitrogens with one attached hydrogen (secondary N) is 1. The Bertz CT molecular complexity index is 1430. The summed E-state index contributed by atoms with van der Waals surface area (Å²) in [6.07, 6.45) is 4.50. The van der Waals surface area contributed by atoms with Crippen LogP contribution in [0.1, 0.15) is 11.6 Å². The first kappa shape index (κ1) is 22.1. The van der Waals surface area contributed by atoms with Crippen molar-refractivity contribution in [3.63, 3.8) is 0 Å². The highest BCUT2D eigenvalue weighted by Gasteiger charge is 2.17. The van der Waals surface area contributed by atoms with Gasteiger partial charge in [0.05, 0.1) is 36.1 Å². The summed E-state index contributed by atoms with van der Waals surface area (Å²) in [4.78, 5) is 24.8. The van der Waals surface area contributed by atoms with Crippen molar-refractivity contribution in [2.45, 2.75) is 6.04 Å². The highest BCUT2D eigenvalue weighted by molar-refractivity contribution is 6.30. The summed E-state index contributed by atoms with van der Waals surface area (Å²) in [5.74, 6) is 0.100. The molecule has 0 unspecified atom stereocenters. The summed E-state index contributed by atoms with van der Waals surface area (Å²) in [7, 11) is 1.69. The van der Waals surface area contributed by atoms with Crippen LogP contribution in [0.15, 0.2) is 59.8 Å². The maximum absolute atomic E-state index is 13.5. The zero-order valence-electron chi connectivity index (χ0n) is 17.3. The Morgan fingerprint density at radius 2 is 2.12 bits per heavy atom. The van der Waals surface area contributed by atoms with E-state index < -0.39 is 11.9 Å². The van der Waals surface area contributed by atoms with Gasteiger partial charge >= 0.3 is 0 Å². The lowest BCUT2D eigenvalue weighted by molar-refractivity contribution is 0.247. The summed E-state index contributed by atoms with van der Waals surface area (Å²) in [6, 6.07) is 8.02. The number of anilines is 2. The van der Waals surface area contributed by atoms with Gasteiger partial charge in [-0.2, -0.15) is 5.10 Å². The second kappa shape index (κ2) is 9.20. The van der Waals surface area contributed by atoms with Gasteiger partial charge in [-0.3, -0.25) is 9.48 Å². The molecule has 0 aliphatic rings. The Labute approximate surface area is 192 Å². The van der Waals surface area contributed by atoms with E-state index in [4.69, 9.17) is 18.2 Å². The van der Waals surface area contributed by atoms with Crippen LogP contribution in [0.4, 0.5) is 21.8 Å². The Kier molecular flexibility index (Phi) is 6.17. The highest BCUT2D eigenvalue weighted by atomic mass is 35.5. The Hall–Kier alpha value is -4.07. The SMILES string of the molecule is [C-]#[N+]c1cnn(C)c1Nc1nccc(-c2ccn([C@H](CO)c3ccc(F)c(Cl)c3)c(=O)c2)n1. The number of aromatic nitrogens is 5. The Morgan fingerprint density at radius 1 is 1.30 bits per heavy atom.